The summed E-state index contributed by atoms with van der Waals surface area (Å²) < 4.78 is 0. The van der Waals surface area contributed by atoms with Gasteiger partial charge in [-0.15, -0.1) is 0 Å². The quantitative estimate of drug-likeness (QED) is 0.675. The lowest BCUT2D eigenvalue weighted by Gasteiger charge is -2.03. The lowest BCUT2D eigenvalue weighted by atomic mass is 10.2. The Morgan fingerprint density at radius 2 is 1.70 bits per heavy atom. The molecule has 3 rings (SSSR count). The largest absolute Gasteiger partial charge is 0.382 e. The Kier molecular flexibility index (Phi) is 3.13. The molecule has 20 heavy (non-hydrogen) atoms. The number of hydrogen-bond acceptors (Lipinski definition) is 3. The summed E-state index contributed by atoms with van der Waals surface area (Å²) in [5.41, 5.74) is 9.17. The van der Waals surface area contributed by atoms with Crippen LogP contribution in [0.2, 0.25) is 0 Å². The monoisotopic (exact) mass is 264 g/mol. The van der Waals surface area contributed by atoms with Crippen LogP contribution >= 0.6 is 0 Å². The molecule has 0 spiro atoms. The highest BCUT2D eigenvalue weighted by atomic mass is 15.1. The Balaban J connectivity index is 1.88. The van der Waals surface area contributed by atoms with Crippen molar-refractivity contribution in [1.82, 2.24) is 9.97 Å². The van der Waals surface area contributed by atoms with Crippen LogP contribution in [0, 0.1) is 6.92 Å². The summed E-state index contributed by atoms with van der Waals surface area (Å²) in [6.07, 6.45) is 0. The van der Waals surface area contributed by atoms with Crippen molar-refractivity contribution in [3.8, 4) is 11.4 Å². The number of benzene rings is 2. The first-order valence-electron chi connectivity index (χ1n) is 6.47. The minimum absolute atomic E-state index is 0.532. The van der Waals surface area contributed by atoms with Crippen molar-refractivity contribution in [1.29, 1.82) is 0 Å². The van der Waals surface area contributed by atoms with Crippen molar-refractivity contribution in [2.45, 2.75) is 6.92 Å². The maximum absolute atomic E-state index is 5.98. The molecule has 0 atom stereocenters. The maximum atomic E-state index is 5.98. The van der Waals surface area contributed by atoms with Gasteiger partial charge in [0.05, 0.1) is 0 Å². The van der Waals surface area contributed by atoms with Crippen molar-refractivity contribution >= 4 is 17.3 Å². The van der Waals surface area contributed by atoms with E-state index in [9.17, 15) is 0 Å². The van der Waals surface area contributed by atoms with Gasteiger partial charge in [-0.25, -0.2) is 4.98 Å². The highest BCUT2D eigenvalue weighted by molar-refractivity contribution is 5.71. The zero-order valence-corrected chi connectivity index (χ0v) is 11.2. The van der Waals surface area contributed by atoms with Crippen LogP contribution in [0.3, 0.4) is 0 Å². The highest BCUT2D eigenvalue weighted by Gasteiger charge is 2.09. The molecule has 2 aromatic carbocycles. The van der Waals surface area contributed by atoms with Crippen molar-refractivity contribution in [3.63, 3.8) is 0 Å². The summed E-state index contributed by atoms with van der Waals surface area (Å²) in [6.45, 7) is 2.06. The number of imidazole rings is 1. The van der Waals surface area contributed by atoms with Crippen LogP contribution in [-0.4, -0.2) is 9.97 Å². The molecule has 0 aliphatic rings. The molecule has 0 unspecified atom stereocenters. The SMILES string of the molecule is Cc1ccc(Nc2nc(-c3ccccc3)[nH]c2N)cc1. The van der Waals surface area contributed by atoms with Gasteiger partial charge in [-0.3, -0.25) is 0 Å². The number of hydrogen-bond donors (Lipinski definition) is 3. The topological polar surface area (TPSA) is 66.7 Å². The van der Waals surface area contributed by atoms with Gasteiger partial charge in [0.15, 0.2) is 5.82 Å². The van der Waals surface area contributed by atoms with Crippen LogP contribution in [0.25, 0.3) is 11.4 Å². The zero-order valence-electron chi connectivity index (χ0n) is 11.2. The number of H-pyrrole nitrogens is 1. The Hall–Kier alpha value is -2.75. The van der Waals surface area contributed by atoms with Gasteiger partial charge in [-0.05, 0) is 19.1 Å². The second-order valence-electron chi connectivity index (χ2n) is 4.70. The first-order chi connectivity index (χ1) is 9.72. The average Bonchev–Trinajstić information content (AvgIpc) is 2.84. The Labute approximate surface area is 117 Å². The molecule has 0 aliphatic carbocycles. The number of nitrogen functional groups attached to an aromatic ring is 1. The smallest absolute Gasteiger partial charge is 0.173 e. The minimum Gasteiger partial charge on any atom is -0.382 e. The number of nitrogens with two attached hydrogens (primary N) is 1. The third-order valence-corrected chi connectivity index (χ3v) is 3.09. The Bertz CT molecular complexity index is 699. The molecular weight excluding hydrogens is 248 g/mol. The normalized spacial score (nSPS) is 10.4. The van der Waals surface area contributed by atoms with Crippen LogP contribution < -0.4 is 11.1 Å². The highest BCUT2D eigenvalue weighted by Crippen LogP contribution is 2.25. The lowest BCUT2D eigenvalue weighted by Crippen LogP contribution is -1.95. The molecule has 1 aromatic heterocycles. The predicted octanol–water partition coefficient (Wildman–Crippen LogP) is 3.71. The van der Waals surface area contributed by atoms with Crippen LogP contribution in [0.4, 0.5) is 17.3 Å². The number of rotatable bonds is 3. The number of anilines is 3. The fourth-order valence-electron chi connectivity index (χ4n) is 1.99. The minimum atomic E-state index is 0.532. The van der Waals surface area contributed by atoms with Crippen LogP contribution in [0.15, 0.2) is 54.6 Å². The summed E-state index contributed by atoms with van der Waals surface area (Å²) in [7, 11) is 0. The van der Waals surface area contributed by atoms with Crippen molar-refractivity contribution in [2.24, 2.45) is 0 Å². The van der Waals surface area contributed by atoms with Crippen LogP contribution in [-0.2, 0) is 0 Å². The molecule has 0 aliphatic heterocycles. The first-order valence-corrected chi connectivity index (χ1v) is 6.47. The molecule has 0 saturated carbocycles. The van der Waals surface area contributed by atoms with E-state index in [1.165, 1.54) is 5.56 Å². The van der Waals surface area contributed by atoms with E-state index in [-0.39, 0.29) is 0 Å². The second kappa shape index (κ2) is 5.09. The molecule has 3 aromatic rings. The maximum Gasteiger partial charge on any atom is 0.173 e. The summed E-state index contributed by atoms with van der Waals surface area (Å²) in [5, 5.41) is 3.22. The molecule has 0 bridgehead atoms. The summed E-state index contributed by atoms with van der Waals surface area (Å²) in [6, 6.07) is 18.0. The van der Waals surface area contributed by atoms with E-state index in [2.05, 4.69) is 22.2 Å². The van der Waals surface area contributed by atoms with Gasteiger partial charge in [0.1, 0.15) is 11.6 Å². The first kappa shape index (κ1) is 12.3. The Morgan fingerprint density at radius 3 is 2.40 bits per heavy atom. The number of aryl methyl sites for hydroxylation is 1. The van der Waals surface area contributed by atoms with Gasteiger partial charge < -0.3 is 16.0 Å². The number of nitrogens with zero attached hydrogens (tertiary/aromatic N) is 1. The summed E-state index contributed by atoms with van der Waals surface area (Å²) in [5.74, 6) is 1.94. The fourth-order valence-corrected chi connectivity index (χ4v) is 1.99. The molecule has 4 N–H and O–H groups in total. The molecule has 1 heterocycles. The van der Waals surface area contributed by atoms with Gasteiger partial charge in [0.2, 0.25) is 0 Å². The van der Waals surface area contributed by atoms with Gasteiger partial charge in [-0.2, -0.15) is 0 Å². The molecule has 0 saturated heterocycles. The molecule has 0 radical (unpaired) electrons. The van der Waals surface area contributed by atoms with E-state index in [1.807, 2.05) is 54.6 Å². The van der Waals surface area contributed by atoms with Gasteiger partial charge in [-0.1, -0.05) is 48.0 Å². The van der Waals surface area contributed by atoms with E-state index in [1.54, 1.807) is 0 Å². The summed E-state index contributed by atoms with van der Waals surface area (Å²) >= 11 is 0. The van der Waals surface area contributed by atoms with E-state index in [0.717, 1.165) is 17.1 Å². The summed E-state index contributed by atoms with van der Waals surface area (Å²) in [4.78, 5) is 7.60. The molecular formula is C16H16N4. The van der Waals surface area contributed by atoms with Crippen LogP contribution in [0.1, 0.15) is 5.56 Å². The average molecular weight is 264 g/mol. The number of nitrogens with one attached hydrogen (secondary N) is 2. The van der Waals surface area contributed by atoms with Gasteiger partial charge in [0.25, 0.3) is 0 Å². The van der Waals surface area contributed by atoms with E-state index < -0.39 is 0 Å². The number of aromatic amines is 1. The van der Waals surface area contributed by atoms with Gasteiger partial charge >= 0.3 is 0 Å². The predicted molar refractivity (Wildman–Crippen MR) is 82.9 cm³/mol. The van der Waals surface area contributed by atoms with Crippen molar-refractivity contribution < 1.29 is 0 Å². The van der Waals surface area contributed by atoms with Crippen molar-refractivity contribution in [2.75, 3.05) is 11.1 Å². The van der Waals surface area contributed by atoms with Crippen molar-refractivity contribution in [3.05, 3.63) is 60.2 Å². The van der Waals surface area contributed by atoms with E-state index in [0.29, 0.717) is 11.6 Å². The standard InChI is InChI=1S/C16H16N4/c1-11-7-9-13(10-8-11)18-16-14(17)19-15(20-16)12-5-3-2-4-6-12/h2-10,18H,17H2,1H3,(H,19,20). The third kappa shape index (κ3) is 2.49. The lowest BCUT2D eigenvalue weighted by molar-refractivity contribution is 1.31. The second-order valence-corrected chi connectivity index (χ2v) is 4.70. The molecule has 4 nitrogen and oxygen atoms in total. The van der Waals surface area contributed by atoms with Gasteiger partial charge in [0, 0.05) is 11.3 Å². The fraction of sp³-hybridized carbons (Fsp3) is 0.0625. The Morgan fingerprint density at radius 1 is 1.00 bits per heavy atom. The molecule has 0 amide bonds. The molecule has 4 heteroatoms. The zero-order chi connectivity index (χ0) is 13.9. The van der Waals surface area contributed by atoms with Crippen LogP contribution in [0.5, 0.6) is 0 Å². The molecule has 0 fully saturated rings. The van der Waals surface area contributed by atoms with E-state index in [4.69, 9.17) is 5.73 Å². The molecule has 100 valence electrons. The van der Waals surface area contributed by atoms with E-state index >= 15 is 0 Å². The number of aromatic nitrogens is 2. The third-order valence-electron chi connectivity index (χ3n) is 3.09.